The van der Waals surface area contributed by atoms with Crippen molar-refractivity contribution in [3.05, 3.63) is 58.9 Å². The van der Waals surface area contributed by atoms with Gasteiger partial charge in [-0.05, 0) is 41.8 Å². The van der Waals surface area contributed by atoms with Crippen LogP contribution >= 0.6 is 11.3 Å². The number of hydrogen-bond donors (Lipinski definition) is 2. The zero-order valence-electron chi connectivity index (χ0n) is 13.5. The molecule has 0 amide bonds. The highest BCUT2D eigenvalue weighted by Gasteiger charge is 2.11. The van der Waals surface area contributed by atoms with Crippen LogP contribution in [0.5, 0.6) is 11.5 Å². The highest BCUT2D eigenvalue weighted by atomic mass is 32.1. The number of phenols is 1. The molecule has 0 aliphatic carbocycles. The lowest BCUT2D eigenvalue weighted by Crippen LogP contribution is -2.03. The van der Waals surface area contributed by atoms with E-state index in [4.69, 9.17) is 4.74 Å². The van der Waals surface area contributed by atoms with E-state index in [0.29, 0.717) is 5.75 Å². The first-order chi connectivity index (χ1) is 12.2. The second-order valence-electron chi connectivity index (χ2n) is 5.45. The lowest BCUT2D eigenvalue weighted by atomic mass is 10.1. The number of thiophene rings is 1. The topological polar surface area (TPSA) is 71.7 Å². The maximum absolute atomic E-state index is 9.78. The minimum Gasteiger partial charge on any atom is -0.504 e. The molecule has 0 aliphatic heterocycles. The maximum atomic E-state index is 9.78. The molecule has 0 unspecified atom stereocenters. The number of methoxy groups -OCH3 is 1. The zero-order chi connectivity index (χ0) is 17.2. The number of hydrogen-bond acceptors (Lipinski definition) is 6. The number of anilines is 1. The molecule has 0 spiro atoms. The third kappa shape index (κ3) is 3.01. The molecule has 126 valence electrons. The molecule has 3 heterocycles. The first kappa shape index (κ1) is 15.5. The van der Waals surface area contributed by atoms with Gasteiger partial charge in [0.1, 0.15) is 5.82 Å². The summed E-state index contributed by atoms with van der Waals surface area (Å²) in [5, 5.41) is 19.8. The molecule has 0 aliphatic rings. The first-order valence-electron chi connectivity index (χ1n) is 7.73. The van der Waals surface area contributed by atoms with Crippen molar-refractivity contribution in [2.24, 2.45) is 0 Å². The number of fused-ring (bicyclic) bond motifs is 1. The Hall–Kier alpha value is -3.06. The van der Waals surface area contributed by atoms with Crippen LogP contribution in [0.25, 0.3) is 16.9 Å². The molecule has 25 heavy (non-hydrogen) atoms. The van der Waals surface area contributed by atoms with Crippen molar-refractivity contribution in [3.8, 4) is 22.8 Å². The van der Waals surface area contributed by atoms with Crippen molar-refractivity contribution in [2.75, 3.05) is 12.4 Å². The number of ether oxygens (including phenoxy) is 1. The van der Waals surface area contributed by atoms with E-state index in [1.807, 2.05) is 24.3 Å². The summed E-state index contributed by atoms with van der Waals surface area (Å²) in [6.07, 6.45) is 1.76. The van der Waals surface area contributed by atoms with Crippen LogP contribution in [-0.2, 0) is 6.54 Å². The summed E-state index contributed by atoms with van der Waals surface area (Å²) < 4.78 is 6.97. The van der Waals surface area contributed by atoms with E-state index < -0.39 is 0 Å². The number of imidazole rings is 1. The van der Waals surface area contributed by atoms with Crippen LogP contribution in [0, 0.1) is 0 Å². The van der Waals surface area contributed by atoms with Crippen LogP contribution in [0.1, 0.15) is 4.88 Å². The Labute approximate surface area is 148 Å². The smallest absolute Gasteiger partial charge is 0.161 e. The Morgan fingerprint density at radius 2 is 2.16 bits per heavy atom. The van der Waals surface area contributed by atoms with Gasteiger partial charge in [-0.15, -0.1) is 16.4 Å². The molecule has 4 aromatic rings. The Morgan fingerprint density at radius 3 is 2.96 bits per heavy atom. The highest BCUT2D eigenvalue weighted by Crippen LogP contribution is 2.31. The van der Waals surface area contributed by atoms with Gasteiger partial charge in [0.05, 0.1) is 25.5 Å². The molecule has 0 radical (unpaired) electrons. The van der Waals surface area contributed by atoms with Gasteiger partial charge in [0, 0.05) is 10.4 Å². The minimum atomic E-state index is 0.103. The van der Waals surface area contributed by atoms with Crippen molar-refractivity contribution in [2.45, 2.75) is 6.54 Å². The summed E-state index contributed by atoms with van der Waals surface area (Å²) in [6.45, 7) is 0.729. The van der Waals surface area contributed by atoms with Crippen LogP contribution in [0.4, 0.5) is 5.82 Å². The average Bonchev–Trinajstić information content (AvgIpc) is 3.30. The fourth-order valence-electron chi connectivity index (χ4n) is 2.59. The molecule has 1 aromatic carbocycles. The van der Waals surface area contributed by atoms with Gasteiger partial charge in [0.2, 0.25) is 0 Å². The molecule has 6 nitrogen and oxygen atoms in total. The van der Waals surface area contributed by atoms with Crippen LogP contribution in [0.15, 0.2) is 54.0 Å². The van der Waals surface area contributed by atoms with E-state index in [-0.39, 0.29) is 5.75 Å². The van der Waals surface area contributed by atoms with E-state index in [1.54, 1.807) is 34.2 Å². The van der Waals surface area contributed by atoms with Gasteiger partial charge in [-0.1, -0.05) is 6.07 Å². The standard InChI is InChI=1S/C18H16N4O2S/c1-24-16-9-12(4-5-15(16)23)14-11-20-18-7-6-17(21-22(14)18)19-10-13-3-2-8-25-13/h2-9,11,23H,10H2,1H3,(H,19,21). The van der Waals surface area contributed by atoms with E-state index in [9.17, 15) is 5.11 Å². The summed E-state index contributed by atoms with van der Waals surface area (Å²) in [5.41, 5.74) is 2.45. The molecule has 0 bridgehead atoms. The quantitative estimate of drug-likeness (QED) is 0.572. The van der Waals surface area contributed by atoms with Crippen molar-refractivity contribution < 1.29 is 9.84 Å². The zero-order valence-corrected chi connectivity index (χ0v) is 14.3. The predicted octanol–water partition coefficient (Wildman–Crippen LogP) is 3.78. The summed E-state index contributed by atoms with van der Waals surface area (Å²) in [7, 11) is 1.53. The SMILES string of the molecule is COc1cc(-c2cnc3ccc(NCc4cccs4)nn23)ccc1O. The number of nitrogens with one attached hydrogen (secondary N) is 1. The molecule has 0 saturated heterocycles. The van der Waals surface area contributed by atoms with Crippen molar-refractivity contribution in [1.29, 1.82) is 0 Å². The molecular formula is C18H16N4O2S. The molecule has 0 saturated carbocycles. The average molecular weight is 352 g/mol. The van der Waals surface area contributed by atoms with Gasteiger partial charge in [0.25, 0.3) is 0 Å². The molecular weight excluding hydrogens is 336 g/mol. The van der Waals surface area contributed by atoms with E-state index in [1.165, 1.54) is 12.0 Å². The number of aromatic hydroxyl groups is 1. The van der Waals surface area contributed by atoms with E-state index in [0.717, 1.165) is 29.3 Å². The Kier molecular flexibility index (Phi) is 3.99. The molecule has 0 fully saturated rings. The highest BCUT2D eigenvalue weighted by molar-refractivity contribution is 7.09. The molecule has 3 aromatic heterocycles. The molecule has 2 N–H and O–H groups in total. The summed E-state index contributed by atoms with van der Waals surface area (Å²) in [5.74, 6) is 1.29. The molecule has 4 rings (SSSR count). The van der Waals surface area contributed by atoms with Gasteiger partial charge in [0.15, 0.2) is 17.1 Å². The van der Waals surface area contributed by atoms with Crippen LogP contribution in [-0.4, -0.2) is 26.8 Å². The number of phenolic OH excluding ortho intramolecular Hbond substituents is 1. The first-order valence-corrected chi connectivity index (χ1v) is 8.61. The summed E-state index contributed by atoms with van der Waals surface area (Å²) in [4.78, 5) is 5.64. The summed E-state index contributed by atoms with van der Waals surface area (Å²) >= 11 is 1.71. The van der Waals surface area contributed by atoms with Crippen LogP contribution in [0.3, 0.4) is 0 Å². The predicted molar refractivity (Wildman–Crippen MR) is 98.3 cm³/mol. The fourth-order valence-corrected chi connectivity index (χ4v) is 3.24. The van der Waals surface area contributed by atoms with Gasteiger partial charge < -0.3 is 15.2 Å². The lowest BCUT2D eigenvalue weighted by Gasteiger charge is -2.08. The fraction of sp³-hybridized carbons (Fsp3) is 0.111. The Bertz CT molecular complexity index is 1010. The maximum Gasteiger partial charge on any atom is 0.161 e. The van der Waals surface area contributed by atoms with Crippen molar-refractivity contribution in [1.82, 2.24) is 14.6 Å². The normalized spacial score (nSPS) is 10.9. The van der Waals surface area contributed by atoms with E-state index in [2.05, 4.69) is 26.8 Å². The second-order valence-corrected chi connectivity index (χ2v) is 6.48. The number of benzene rings is 1. The third-order valence-corrected chi connectivity index (χ3v) is 4.74. The third-order valence-electron chi connectivity index (χ3n) is 3.86. The van der Waals surface area contributed by atoms with Crippen molar-refractivity contribution >= 4 is 22.8 Å². The van der Waals surface area contributed by atoms with Gasteiger partial charge in [-0.25, -0.2) is 9.50 Å². The van der Waals surface area contributed by atoms with Gasteiger partial charge in [-0.2, -0.15) is 0 Å². The van der Waals surface area contributed by atoms with Crippen molar-refractivity contribution in [3.63, 3.8) is 0 Å². The van der Waals surface area contributed by atoms with E-state index >= 15 is 0 Å². The van der Waals surface area contributed by atoms with Gasteiger partial charge >= 0.3 is 0 Å². The number of nitrogens with zero attached hydrogens (tertiary/aromatic N) is 3. The Morgan fingerprint density at radius 1 is 1.24 bits per heavy atom. The molecule has 7 heteroatoms. The number of aromatic nitrogens is 3. The van der Waals surface area contributed by atoms with Gasteiger partial charge in [-0.3, -0.25) is 0 Å². The van der Waals surface area contributed by atoms with Crippen LogP contribution in [0.2, 0.25) is 0 Å². The van der Waals surface area contributed by atoms with Crippen LogP contribution < -0.4 is 10.1 Å². The monoisotopic (exact) mass is 352 g/mol. The minimum absolute atomic E-state index is 0.103. The molecule has 0 atom stereocenters. The largest absolute Gasteiger partial charge is 0.504 e. The number of rotatable bonds is 5. The second kappa shape index (κ2) is 6.45. The lowest BCUT2D eigenvalue weighted by molar-refractivity contribution is 0.373. The summed E-state index contributed by atoms with van der Waals surface area (Å²) in [6, 6.07) is 13.1. The Balaban J connectivity index is 1.69.